The van der Waals surface area contributed by atoms with Crippen molar-refractivity contribution in [2.45, 2.75) is 27.3 Å². The molecule has 2 aromatic rings. The molecule has 2 heterocycles. The van der Waals surface area contributed by atoms with Gasteiger partial charge in [-0.05, 0) is 17.9 Å². The number of fused-ring (bicyclic) bond motifs is 1. The summed E-state index contributed by atoms with van der Waals surface area (Å²) in [6.07, 6.45) is 0. The minimum Gasteiger partial charge on any atom is -0.481 e. The van der Waals surface area contributed by atoms with Crippen LogP contribution in [-0.2, 0) is 11.3 Å². The average Bonchev–Trinajstić information content (AvgIpc) is 2.98. The number of nitrogens with zero attached hydrogens (tertiary/aromatic N) is 3. The van der Waals surface area contributed by atoms with Crippen LogP contribution in [0.15, 0.2) is 29.1 Å². The molecule has 0 bridgehead atoms. The monoisotopic (exact) mass is 357 g/mol. The van der Waals surface area contributed by atoms with E-state index in [0.717, 1.165) is 0 Å². The van der Waals surface area contributed by atoms with Gasteiger partial charge in [-0.15, -0.1) is 0 Å². The molecule has 26 heavy (non-hydrogen) atoms. The summed E-state index contributed by atoms with van der Waals surface area (Å²) in [5.74, 6) is -1.71. The maximum Gasteiger partial charge on any atom is 0.308 e. The van der Waals surface area contributed by atoms with Crippen LogP contribution in [0.4, 0.5) is 0 Å². The van der Waals surface area contributed by atoms with Gasteiger partial charge in [0.1, 0.15) is 0 Å². The molecule has 1 N–H and O–H groups in total. The van der Waals surface area contributed by atoms with Crippen LogP contribution in [0.1, 0.15) is 31.3 Å². The van der Waals surface area contributed by atoms with Gasteiger partial charge < -0.3 is 10.0 Å². The second-order valence-corrected chi connectivity index (χ2v) is 7.41. The summed E-state index contributed by atoms with van der Waals surface area (Å²) in [6.45, 7) is 6.73. The molecule has 1 aromatic heterocycles. The first kappa shape index (κ1) is 18.1. The quantitative estimate of drug-likeness (QED) is 0.901. The van der Waals surface area contributed by atoms with Crippen molar-refractivity contribution in [2.24, 2.45) is 17.8 Å². The molecular formula is C19H23N3O4. The van der Waals surface area contributed by atoms with E-state index in [9.17, 15) is 19.5 Å². The van der Waals surface area contributed by atoms with Crippen LogP contribution < -0.4 is 5.56 Å². The first-order valence-electron chi connectivity index (χ1n) is 8.81. The van der Waals surface area contributed by atoms with Crippen molar-refractivity contribution in [3.8, 4) is 0 Å². The normalized spacial score (nSPS) is 20.1. The number of aromatic nitrogens is 2. The van der Waals surface area contributed by atoms with Gasteiger partial charge in [-0.1, -0.05) is 39.0 Å². The molecule has 2 atom stereocenters. The molecule has 1 aromatic carbocycles. The fourth-order valence-electron chi connectivity index (χ4n) is 3.47. The number of aliphatic carboxylic acids is 1. The molecule has 7 heteroatoms. The van der Waals surface area contributed by atoms with Crippen molar-refractivity contribution < 1.29 is 14.7 Å². The fraction of sp³-hybridized carbons (Fsp3) is 0.474. The largest absolute Gasteiger partial charge is 0.481 e. The van der Waals surface area contributed by atoms with Crippen LogP contribution in [0, 0.1) is 17.8 Å². The molecule has 1 amide bonds. The van der Waals surface area contributed by atoms with Gasteiger partial charge in [0.15, 0.2) is 5.69 Å². The minimum absolute atomic E-state index is 0.121. The molecule has 0 radical (unpaired) electrons. The average molecular weight is 357 g/mol. The lowest BCUT2D eigenvalue weighted by Crippen LogP contribution is -2.34. The second-order valence-electron chi connectivity index (χ2n) is 7.41. The third-order valence-corrected chi connectivity index (χ3v) is 4.83. The second kappa shape index (κ2) is 6.90. The van der Waals surface area contributed by atoms with Gasteiger partial charge in [0.25, 0.3) is 11.5 Å². The zero-order chi connectivity index (χ0) is 19.0. The third kappa shape index (κ3) is 3.21. The molecular weight excluding hydrogens is 334 g/mol. The van der Waals surface area contributed by atoms with E-state index in [0.29, 0.717) is 23.9 Å². The Bertz CT molecular complexity index is 919. The van der Waals surface area contributed by atoms with Crippen molar-refractivity contribution in [3.63, 3.8) is 0 Å². The first-order valence-corrected chi connectivity index (χ1v) is 8.81. The number of carboxylic acid groups (broad SMARTS) is 1. The summed E-state index contributed by atoms with van der Waals surface area (Å²) < 4.78 is 1.34. The number of carbonyl (C=O) groups is 2. The van der Waals surface area contributed by atoms with E-state index < -0.39 is 11.9 Å². The Hall–Kier alpha value is -2.70. The predicted octanol–water partition coefficient (Wildman–Crippen LogP) is 1.85. The summed E-state index contributed by atoms with van der Waals surface area (Å²) >= 11 is 0. The van der Waals surface area contributed by atoms with Gasteiger partial charge in [0.05, 0.1) is 11.3 Å². The molecule has 0 spiro atoms. The lowest BCUT2D eigenvalue weighted by atomic mass is 9.99. The molecule has 1 aliphatic heterocycles. The maximum atomic E-state index is 13.1. The molecule has 1 fully saturated rings. The summed E-state index contributed by atoms with van der Waals surface area (Å²) in [6, 6.07) is 6.93. The van der Waals surface area contributed by atoms with Gasteiger partial charge in [-0.2, -0.15) is 5.10 Å². The van der Waals surface area contributed by atoms with E-state index in [2.05, 4.69) is 5.10 Å². The van der Waals surface area contributed by atoms with Crippen molar-refractivity contribution in [2.75, 3.05) is 13.1 Å². The van der Waals surface area contributed by atoms with E-state index in [-0.39, 0.29) is 35.5 Å². The smallest absolute Gasteiger partial charge is 0.308 e. The Kier molecular flexibility index (Phi) is 4.80. The standard InChI is InChI=1S/C19H23N3O4/c1-11(2)8-22-17(23)14-7-5-4-6-13(14)16(20-22)18(24)21-9-12(3)15(10-21)19(25)26/h4-7,11-12,15H,8-10H2,1-3H3,(H,25,26)/t12-,15-/m1/s1. The molecule has 0 unspecified atom stereocenters. The van der Waals surface area contributed by atoms with Gasteiger partial charge in [-0.3, -0.25) is 14.4 Å². The lowest BCUT2D eigenvalue weighted by Gasteiger charge is -2.18. The van der Waals surface area contributed by atoms with Crippen molar-refractivity contribution in [1.29, 1.82) is 0 Å². The molecule has 138 valence electrons. The number of carboxylic acids is 1. The number of hydrogen-bond donors (Lipinski definition) is 1. The van der Waals surface area contributed by atoms with E-state index in [1.165, 1.54) is 9.58 Å². The number of likely N-dealkylation sites (tertiary alicyclic amines) is 1. The Morgan fingerprint density at radius 2 is 1.88 bits per heavy atom. The van der Waals surface area contributed by atoms with E-state index >= 15 is 0 Å². The molecule has 3 rings (SSSR count). The predicted molar refractivity (Wildman–Crippen MR) is 97.0 cm³/mol. The zero-order valence-corrected chi connectivity index (χ0v) is 15.2. The Balaban J connectivity index is 2.07. The van der Waals surface area contributed by atoms with Crippen molar-refractivity contribution >= 4 is 22.6 Å². The van der Waals surface area contributed by atoms with Crippen molar-refractivity contribution in [1.82, 2.24) is 14.7 Å². The van der Waals surface area contributed by atoms with Gasteiger partial charge in [0.2, 0.25) is 0 Å². The van der Waals surface area contributed by atoms with Gasteiger partial charge in [0, 0.05) is 25.0 Å². The molecule has 1 aliphatic rings. The lowest BCUT2D eigenvalue weighted by molar-refractivity contribution is -0.142. The highest BCUT2D eigenvalue weighted by atomic mass is 16.4. The summed E-state index contributed by atoms with van der Waals surface area (Å²) in [5.41, 5.74) is -0.0110. The molecule has 0 aliphatic carbocycles. The SMILES string of the molecule is CC(C)Cn1nc(C(=O)N2C[C@@H](C)[C@H](C(=O)O)C2)c2ccccc2c1=O. The highest BCUT2D eigenvalue weighted by Crippen LogP contribution is 2.25. The van der Waals surface area contributed by atoms with Crippen LogP contribution in [0.3, 0.4) is 0 Å². The Morgan fingerprint density at radius 3 is 2.46 bits per heavy atom. The summed E-state index contributed by atoms with van der Waals surface area (Å²) in [7, 11) is 0. The van der Waals surface area contributed by atoms with Crippen LogP contribution in [0.2, 0.25) is 0 Å². The minimum atomic E-state index is -0.893. The highest BCUT2D eigenvalue weighted by molar-refractivity contribution is 6.05. The number of carbonyl (C=O) groups excluding carboxylic acids is 1. The first-order chi connectivity index (χ1) is 12.3. The number of amides is 1. The van der Waals surface area contributed by atoms with Crippen LogP contribution in [0.5, 0.6) is 0 Å². The van der Waals surface area contributed by atoms with Gasteiger partial charge in [-0.25, -0.2) is 4.68 Å². The molecule has 7 nitrogen and oxygen atoms in total. The van der Waals surface area contributed by atoms with E-state index in [1.807, 2.05) is 20.8 Å². The summed E-state index contributed by atoms with van der Waals surface area (Å²) in [5, 5.41) is 14.6. The number of benzene rings is 1. The van der Waals surface area contributed by atoms with Crippen molar-refractivity contribution in [3.05, 3.63) is 40.3 Å². The van der Waals surface area contributed by atoms with Crippen LogP contribution in [0.25, 0.3) is 10.8 Å². The Labute approximate surface area is 151 Å². The maximum absolute atomic E-state index is 13.1. The highest BCUT2D eigenvalue weighted by Gasteiger charge is 2.38. The Morgan fingerprint density at radius 1 is 1.23 bits per heavy atom. The fourth-order valence-corrected chi connectivity index (χ4v) is 3.47. The molecule has 1 saturated heterocycles. The van der Waals surface area contributed by atoms with Gasteiger partial charge >= 0.3 is 5.97 Å². The van der Waals surface area contributed by atoms with E-state index in [4.69, 9.17) is 0 Å². The van der Waals surface area contributed by atoms with E-state index in [1.54, 1.807) is 24.3 Å². The molecule has 0 saturated carbocycles. The number of rotatable bonds is 4. The topological polar surface area (TPSA) is 92.5 Å². The van der Waals surface area contributed by atoms with Crippen LogP contribution in [-0.4, -0.2) is 44.8 Å². The zero-order valence-electron chi connectivity index (χ0n) is 15.2. The number of hydrogen-bond acceptors (Lipinski definition) is 4. The van der Waals surface area contributed by atoms with Crippen LogP contribution >= 0.6 is 0 Å². The third-order valence-electron chi connectivity index (χ3n) is 4.83. The summed E-state index contributed by atoms with van der Waals surface area (Å²) in [4.78, 5) is 38.6.